The van der Waals surface area contributed by atoms with Crippen molar-refractivity contribution in [2.24, 2.45) is 18.9 Å². The van der Waals surface area contributed by atoms with Gasteiger partial charge < -0.3 is 19.7 Å². The van der Waals surface area contributed by atoms with E-state index in [9.17, 15) is 24.3 Å². The normalized spacial score (nSPS) is 20.5. The number of tetrazole rings is 1. The first-order chi connectivity index (χ1) is 33.3. The van der Waals surface area contributed by atoms with E-state index in [2.05, 4.69) is 35.3 Å². The van der Waals surface area contributed by atoms with Crippen molar-refractivity contribution in [2.45, 2.75) is 83.3 Å². The largest absolute Gasteiger partial charge is 0.486 e. The quantitative estimate of drug-likeness (QED) is 0.128. The van der Waals surface area contributed by atoms with Crippen LogP contribution < -0.4 is 9.47 Å². The fourth-order valence-electron chi connectivity index (χ4n) is 10.6. The minimum atomic E-state index is -0.750. The number of fused-ring (bicyclic) bond motifs is 2. The zero-order valence-corrected chi connectivity index (χ0v) is 38.5. The zero-order valence-electron chi connectivity index (χ0n) is 38.5. The molecular formula is C56H49F2N5O6. The highest BCUT2D eigenvalue weighted by atomic mass is 19.1. The summed E-state index contributed by atoms with van der Waals surface area (Å²) in [6, 6.07) is 33.7. The van der Waals surface area contributed by atoms with Gasteiger partial charge in [0.2, 0.25) is 5.82 Å². The van der Waals surface area contributed by atoms with Gasteiger partial charge in [-0.2, -0.15) is 10.1 Å². The van der Waals surface area contributed by atoms with E-state index in [4.69, 9.17) is 14.6 Å². The van der Waals surface area contributed by atoms with Gasteiger partial charge in [0.1, 0.15) is 35.3 Å². The number of rotatable bonds is 11. The molecule has 2 saturated carbocycles. The number of ether oxygens (including phenoxy) is 2. The fourth-order valence-corrected chi connectivity index (χ4v) is 10.6. The molecule has 69 heavy (non-hydrogen) atoms. The average Bonchev–Trinajstić information content (AvgIpc) is 4.18. The lowest BCUT2D eigenvalue weighted by Gasteiger charge is -2.19. The van der Waals surface area contributed by atoms with E-state index in [1.165, 1.54) is 16.9 Å². The molecule has 1 heterocycles. The van der Waals surface area contributed by atoms with Gasteiger partial charge in [-0.25, -0.2) is 8.78 Å². The van der Waals surface area contributed by atoms with E-state index in [0.29, 0.717) is 66.1 Å². The maximum Gasteiger partial charge on any atom is 0.307 e. The van der Waals surface area contributed by atoms with Crippen molar-refractivity contribution in [2.75, 3.05) is 0 Å². The number of halogens is 2. The van der Waals surface area contributed by atoms with Crippen LogP contribution in [0.2, 0.25) is 0 Å². The van der Waals surface area contributed by atoms with E-state index < -0.39 is 11.9 Å². The molecule has 348 valence electrons. The predicted octanol–water partition coefficient (Wildman–Crippen LogP) is 11.5. The number of carboxylic acids is 2. The number of benzene rings is 6. The summed E-state index contributed by atoms with van der Waals surface area (Å²) in [5, 5.41) is 40.1. The molecule has 11 nitrogen and oxygen atoms in total. The van der Waals surface area contributed by atoms with Crippen LogP contribution in [-0.4, -0.2) is 42.4 Å². The minimum absolute atomic E-state index is 0.0705. The summed E-state index contributed by atoms with van der Waals surface area (Å²) in [4.78, 5) is 23.7. The number of nitriles is 1. The number of aliphatic carboxylic acids is 2. The summed E-state index contributed by atoms with van der Waals surface area (Å²) in [5.41, 5.74) is 13.7. The molecule has 1 aromatic heterocycles. The Morgan fingerprint density at radius 3 is 1.67 bits per heavy atom. The summed E-state index contributed by atoms with van der Waals surface area (Å²) in [6.45, 7) is 6.03. The Morgan fingerprint density at radius 1 is 0.696 bits per heavy atom. The number of aryl methyl sites for hydroxylation is 3. The zero-order chi connectivity index (χ0) is 48.2. The Balaban J connectivity index is 0.000000162. The molecule has 11 rings (SSSR count). The predicted molar refractivity (Wildman–Crippen MR) is 254 cm³/mol. The molecule has 4 aliphatic rings. The summed E-state index contributed by atoms with van der Waals surface area (Å²) in [7, 11) is 1.74. The molecule has 0 spiro atoms. The number of carbonyl (C=O) groups is 2. The van der Waals surface area contributed by atoms with Gasteiger partial charge in [-0.15, -0.1) is 10.2 Å². The van der Waals surface area contributed by atoms with Gasteiger partial charge in [0.05, 0.1) is 30.5 Å². The average molecular weight is 926 g/mol. The molecule has 0 saturated heterocycles. The Bertz CT molecular complexity index is 3190. The van der Waals surface area contributed by atoms with E-state index in [1.54, 1.807) is 19.2 Å². The van der Waals surface area contributed by atoms with Crippen molar-refractivity contribution >= 4 is 11.9 Å². The van der Waals surface area contributed by atoms with Crippen molar-refractivity contribution in [3.05, 3.63) is 170 Å². The molecule has 13 heteroatoms. The smallest absolute Gasteiger partial charge is 0.307 e. The molecule has 0 radical (unpaired) electrons. The Morgan fingerprint density at radius 2 is 1.20 bits per heavy atom. The van der Waals surface area contributed by atoms with E-state index >= 15 is 4.39 Å². The lowest BCUT2D eigenvalue weighted by atomic mass is 9.89. The molecular weight excluding hydrogens is 877 g/mol. The monoisotopic (exact) mass is 925 g/mol. The topological polar surface area (TPSA) is 160 Å². The summed E-state index contributed by atoms with van der Waals surface area (Å²) in [6.07, 6.45) is 3.37. The fraction of sp³-hybridized carbons (Fsp3) is 0.286. The molecule has 0 aliphatic heterocycles. The molecule has 2 N–H and O–H groups in total. The van der Waals surface area contributed by atoms with Crippen LogP contribution in [0.1, 0.15) is 105 Å². The standard InChI is InChI=1S/C29H27FN4O3.C27H22FNO3/c1-15-12-18(28-31-33-34(3)32-28)13-16(2)26(15)20-8-10-24(30)27-21(20)9-11-25(27)37-19-6-4-17(5-7-19)22-14-23(22)29(35)36;1-15-17(14-29)3-2-4-19(15)20-9-11-24(28)26-21(20)10-12-25(26)32-18-7-5-16(6-8-18)22-13-23(22)27(30)31/h4-8,10,12-13,22-23,25H,9,11,14H2,1-3H3,(H,35,36);2-9,11,22-23,25H,10,12-13H2,1H3,(H,30,31)/t2*22-,23+,25-/m11/s1. The lowest BCUT2D eigenvalue weighted by molar-refractivity contribution is -0.139. The van der Waals surface area contributed by atoms with Crippen LogP contribution in [0.15, 0.2) is 103 Å². The highest BCUT2D eigenvalue weighted by Crippen LogP contribution is 2.50. The molecule has 0 bridgehead atoms. The van der Waals surface area contributed by atoms with Crippen molar-refractivity contribution in [3.8, 4) is 51.2 Å². The van der Waals surface area contributed by atoms with Crippen LogP contribution in [-0.2, 0) is 29.5 Å². The van der Waals surface area contributed by atoms with Crippen LogP contribution >= 0.6 is 0 Å². The summed E-state index contributed by atoms with van der Waals surface area (Å²) < 4.78 is 42.5. The second-order valence-corrected chi connectivity index (χ2v) is 18.7. The van der Waals surface area contributed by atoms with E-state index in [-0.39, 0.29) is 47.5 Å². The summed E-state index contributed by atoms with van der Waals surface area (Å²) in [5.74, 6) is -0.595. The first-order valence-electron chi connectivity index (χ1n) is 23.2. The Labute approximate surface area is 398 Å². The Kier molecular flexibility index (Phi) is 11.8. The van der Waals surface area contributed by atoms with Gasteiger partial charge in [-0.3, -0.25) is 9.59 Å². The third-order valence-corrected chi connectivity index (χ3v) is 14.3. The Hall–Kier alpha value is -7.72. The third kappa shape index (κ3) is 8.71. The second-order valence-electron chi connectivity index (χ2n) is 18.7. The number of hydrogen-bond donors (Lipinski definition) is 2. The van der Waals surface area contributed by atoms with Crippen molar-refractivity contribution in [1.29, 1.82) is 5.26 Å². The summed E-state index contributed by atoms with van der Waals surface area (Å²) >= 11 is 0. The van der Waals surface area contributed by atoms with Crippen LogP contribution in [0.3, 0.4) is 0 Å². The molecule has 0 unspecified atom stereocenters. The molecule has 6 aromatic carbocycles. The highest BCUT2D eigenvalue weighted by molar-refractivity contribution is 5.79. The highest BCUT2D eigenvalue weighted by Gasteiger charge is 2.45. The van der Waals surface area contributed by atoms with Gasteiger partial charge in [-0.05, 0) is 192 Å². The maximum absolute atomic E-state index is 15.2. The maximum atomic E-state index is 15.2. The molecule has 7 aromatic rings. The van der Waals surface area contributed by atoms with Gasteiger partial charge in [0.15, 0.2) is 0 Å². The lowest BCUT2D eigenvalue weighted by Crippen LogP contribution is -2.06. The third-order valence-electron chi connectivity index (χ3n) is 14.3. The van der Waals surface area contributed by atoms with Crippen molar-refractivity contribution < 1.29 is 38.1 Å². The van der Waals surface area contributed by atoms with Gasteiger partial charge in [0, 0.05) is 16.7 Å². The van der Waals surface area contributed by atoms with Gasteiger partial charge in [0.25, 0.3) is 0 Å². The molecule has 2 fully saturated rings. The number of aromatic nitrogens is 4. The SMILES string of the molecule is Cc1c(C#N)cccc1-c1ccc(F)c2c1CC[C@H]2Oc1ccc([C@H]2C[C@@H]2C(=O)O)cc1.Cc1cc(-c2nnn(C)n2)cc(C)c1-c1ccc(F)c2c1CC[C@H]2Oc1ccc([C@H]2C[C@@H]2C(=O)O)cc1. The van der Waals surface area contributed by atoms with Crippen LogP contribution in [0.4, 0.5) is 8.78 Å². The van der Waals surface area contributed by atoms with E-state index in [0.717, 1.165) is 73.2 Å². The number of carboxylic acid groups (broad SMARTS) is 2. The minimum Gasteiger partial charge on any atom is -0.486 e. The van der Waals surface area contributed by atoms with Gasteiger partial charge >= 0.3 is 11.9 Å². The van der Waals surface area contributed by atoms with Crippen molar-refractivity contribution in [3.63, 3.8) is 0 Å². The molecule has 4 aliphatic carbocycles. The van der Waals surface area contributed by atoms with Crippen LogP contribution in [0, 0.1) is 55.6 Å². The molecule has 0 amide bonds. The number of hydrogen-bond acceptors (Lipinski definition) is 8. The molecule has 6 atom stereocenters. The number of nitrogens with zero attached hydrogens (tertiary/aromatic N) is 5. The van der Waals surface area contributed by atoms with Crippen LogP contribution in [0.25, 0.3) is 33.6 Å². The first-order valence-corrected chi connectivity index (χ1v) is 23.2. The van der Waals surface area contributed by atoms with E-state index in [1.807, 2.05) is 85.8 Å². The second kappa shape index (κ2) is 18.1. The van der Waals surface area contributed by atoms with Crippen LogP contribution in [0.5, 0.6) is 11.5 Å². The first kappa shape index (κ1) is 45.1. The van der Waals surface area contributed by atoms with Gasteiger partial charge in [-0.1, -0.05) is 48.5 Å². The van der Waals surface area contributed by atoms with Crippen molar-refractivity contribution in [1.82, 2.24) is 20.2 Å².